The summed E-state index contributed by atoms with van der Waals surface area (Å²) < 4.78 is 0. The van der Waals surface area contributed by atoms with Gasteiger partial charge < -0.3 is 10.3 Å². The molecule has 0 aliphatic heterocycles. The second-order valence-corrected chi connectivity index (χ2v) is 4.89. The Labute approximate surface area is 117 Å². The number of hydrogen-bond donors (Lipinski definition) is 2. The minimum atomic E-state index is 1.10. The van der Waals surface area contributed by atoms with E-state index in [1.165, 1.54) is 16.3 Å². The molecule has 0 saturated carbocycles. The van der Waals surface area contributed by atoms with Crippen molar-refractivity contribution < 1.29 is 0 Å². The van der Waals surface area contributed by atoms with Gasteiger partial charge in [0.1, 0.15) is 0 Å². The molecule has 0 atom stereocenters. The Kier molecular flexibility index (Phi) is 2.46. The van der Waals surface area contributed by atoms with Crippen LogP contribution in [0.25, 0.3) is 21.8 Å². The van der Waals surface area contributed by atoms with Crippen molar-refractivity contribution in [2.75, 3.05) is 5.32 Å². The zero-order chi connectivity index (χ0) is 13.4. The van der Waals surface area contributed by atoms with Crippen LogP contribution in [-0.4, -0.2) is 4.98 Å². The monoisotopic (exact) mass is 258 g/mol. The minimum Gasteiger partial charge on any atom is -0.354 e. The summed E-state index contributed by atoms with van der Waals surface area (Å²) in [6.45, 7) is 0. The number of aromatic nitrogens is 1. The molecule has 3 aromatic carbocycles. The molecule has 2 nitrogen and oxygen atoms in total. The van der Waals surface area contributed by atoms with Gasteiger partial charge in [0, 0.05) is 22.0 Å². The van der Waals surface area contributed by atoms with Gasteiger partial charge in [-0.05, 0) is 24.3 Å². The van der Waals surface area contributed by atoms with E-state index in [-0.39, 0.29) is 0 Å². The second kappa shape index (κ2) is 4.42. The molecule has 1 heterocycles. The molecule has 0 saturated heterocycles. The standard InChI is InChI=1S/C18H14N2/c1-2-7-13(8-3-1)19-17-12-6-10-15-14-9-4-5-11-16(14)20-18(15)17/h1-12,19-20H. The van der Waals surface area contributed by atoms with Crippen molar-refractivity contribution in [2.24, 2.45) is 0 Å². The van der Waals surface area contributed by atoms with Crippen molar-refractivity contribution in [1.29, 1.82) is 0 Å². The summed E-state index contributed by atoms with van der Waals surface area (Å²) in [5, 5.41) is 5.99. The Hall–Kier alpha value is -2.74. The predicted octanol–water partition coefficient (Wildman–Crippen LogP) is 5.06. The summed E-state index contributed by atoms with van der Waals surface area (Å²) in [7, 11) is 0. The van der Waals surface area contributed by atoms with Crippen molar-refractivity contribution in [2.45, 2.75) is 0 Å². The first-order valence-corrected chi connectivity index (χ1v) is 6.73. The molecule has 0 spiro atoms. The molecule has 2 N–H and O–H groups in total. The highest BCUT2D eigenvalue weighted by atomic mass is 14.9. The van der Waals surface area contributed by atoms with E-state index in [9.17, 15) is 0 Å². The molecular weight excluding hydrogens is 244 g/mol. The van der Waals surface area contributed by atoms with Gasteiger partial charge in [-0.2, -0.15) is 0 Å². The third-order valence-electron chi connectivity index (χ3n) is 3.59. The van der Waals surface area contributed by atoms with Crippen molar-refractivity contribution in [1.82, 2.24) is 4.98 Å². The molecular formula is C18H14N2. The lowest BCUT2D eigenvalue weighted by Crippen LogP contribution is -1.90. The van der Waals surface area contributed by atoms with Gasteiger partial charge in [0.15, 0.2) is 0 Å². The Balaban J connectivity index is 1.91. The fourth-order valence-electron chi connectivity index (χ4n) is 2.65. The fraction of sp³-hybridized carbons (Fsp3) is 0. The van der Waals surface area contributed by atoms with E-state index in [4.69, 9.17) is 0 Å². The molecule has 0 amide bonds. The molecule has 0 unspecified atom stereocenters. The summed E-state index contributed by atoms with van der Waals surface area (Å²) in [6, 6.07) is 25.0. The number of fused-ring (bicyclic) bond motifs is 3. The molecule has 0 aliphatic rings. The average Bonchev–Trinajstić information content (AvgIpc) is 2.88. The van der Waals surface area contributed by atoms with Crippen LogP contribution >= 0.6 is 0 Å². The van der Waals surface area contributed by atoms with Gasteiger partial charge in [-0.25, -0.2) is 0 Å². The second-order valence-electron chi connectivity index (χ2n) is 4.89. The summed E-state index contributed by atoms with van der Waals surface area (Å²) in [5.41, 5.74) is 4.52. The highest BCUT2D eigenvalue weighted by molar-refractivity contribution is 6.11. The largest absolute Gasteiger partial charge is 0.354 e. The van der Waals surface area contributed by atoms with E-state index in [1.807, 2.05) is 18.2 Å². The smallest absolute Gasteiger partial charge is 0.0704 e. The molecule has 20 heavy (non-hydrogen) atoms. The van der Waals surface area contributed by atoms with Gasteiger partial charge in [-0.3, -0.25) is 0 Å². The van der Waals surface area contributed by atoms with E-state index in [2.05, 4.69) is 64.9 Å². The predicted molar refractivity (Wildman–Crippen MR) is 85.5 cm³/mol. The minimum absolute atomic E-state index is 1.10. The number of nitrogens with one attached hydrogen (secondary N) is 2. The Morgan fingerprint density at radius 2 is 1.40 bits per heavy atom. The molecule has 4 aromatic rings. The van der Waals surface area contributed by atoms with E-state index in [0.717, 1.165) is 16.9 Å². The van der Waals surface area contributed by atoms with Crippen molar-refractivity contribution in [3.8, 4) is 0 Å². The maximum Gasteiger partial charge on any atom is 0.0704 e. The molecule has 96 valence electrons. The van der Waals surface area contributed by atoms with Crippen molar-refractivity contribution in [3.05, 3.63) is 72.8 Å². The zero-order valence-corrected chi connectivity index (χ0v) is 10.9. The third-order valence-corrected chi connectivity index (χ3v) is 3.59. The van der Waals surface area contributed by atoms with Crippen LogP contribution in [0.4, 0.5) is 11.4 Å². The normalized spacial score (nSPS) is 11.0. The van der Waals surface area contributed by atoms with Crippen molar-refractivity contribution in [3.63, 3.8) is 0 Å². The molecule has 0 radical (unpaired) electrons. The van der Waals surface area contributed by atoms with Gasteiger partial charge in [0.25, 0.3) is 0 Å². The first-order valence-electron chi connectivity index (χ1n) is 6.73. The average molecular weight is 258 g/mol. The van der Waals surface area contributed by atoms with Gasteiger partial charge in [0.2, 0.25) is 0 Å². The molecule has 1 aromatic heterocycles. The maximum atomic E-state index is 3.50. The van der Waals surface area contributed by atoms with Crippen LogP contribution in [0, 0.1) is 0 Å². The first kappa shape index (κ1) is 11.1. The molecule has 0 aliphatic carbocycles. The quantitative estimate of drug-likeness (QED) is 0.516. The lowest BCUT2D eigenvalue weighted by molar-refractivity contribution is 1.51. The first-order chi connectivity index (χ1) is 9.92. The number of benzene rings is 3. The molecule has 4 rings (SSSR count). The third kappa shape index (κ3) is 1.74. The van der Waals surface area contributed by atoms with Gasteiger partial charge in [-0.1, -0.05) is 48.5 Å². The number of H-pyrrole nitrogens is 1. The number of rotatable bonds is 2. The Morgan fingerprint density at radius 1 is 0.650 bits per heavy atom. The summed E-state index contributed by atoms with van der Waals surface area (Å²) >= 11 is 0. The van der Waals surface area contributed by atoms with Crippen LogP contribution in [0.2, 0.25) is 0 Å². The number of hydrogen-bond acceptors (Lipinski definition) is 1. The van der Waals surface area contributed by atoms with Crippen LogP contribution in [0.1, 0.15) is 0 Å². The molecule has 2 heteroatoms. The van der Waals surface area contributed by atoms with Crippen LogP contribution < -0.4 is 5.32 Å². The summed E-state index contributed by atoms with van der Waals surface area (Å²) in [5.74, 6) is 0. The molecule has 0 bridgehead atoms. The van der Waals surface area contributed by atoms with Gasteiger partial charge >= 0.3 is 0 Å². The fourth-order valence-corrected chi connectivity index (χ4v) is 2.65. The zero-order valence-electron chi connectivity index (χ0n) is 10.9. The molecule has 0 fully saturated rings. The van der Waals surface area contributed by atoms with Crippen LogP contribution in [0.3, 0.4) is 0 Å². The van der Waals surface area contributed by atoms with Gasteiger partial charge in [0.05, 0.1) is 11.2 Å². The lowest BCUT2D eigenvalue weighted by Gasteiger charge is -2.07. The van der Waals surface area contributed by atoms with E-state index in [1.54, 1.807) is 0 Å². The van der Waals surface area contributed by atoms with Crippen LogP contribution in [0.15, 0.2) is 72.8 Å². The van der Waals surface area contributed by atoms with E-state index in [0.29, 0.717) is 0 Å². The maximum absolute atomic E-state index is 3.50. The van der Waals surface area contributed by atoms with Crippen LogP contribution in [-0.2, 0) is 0 Å². The highest BCUT2D eigenvalue weighted by Crippen LogP contribution is 2.31. The SMILES string of the molecule is c1ccc(Nc2cccc3c2[nH]c2ccccc23)cc1. The highest BCUT2D eigenvalue weighted by Gasteiger charge is 2.07. The Bertz CT molecular complexity index is 876. The summed E-state index contributed by atoms with van der Waals surface area (Å²) in [4.78, 5) is 3.50. The number of para-hydroxylation sites is 3. The van der Waals surface area contributed by atoms with Crippen molar-refractivity contribution >= 4 is 33.2 Å². The topological polar surface area (TPSA) is 27.8 Å². The summed E-state index contributed by atoms with van der Waals surface area (Å²) in [6.07, 6.45) is 0. The Morgan fingerprint density at radius 3 is 2.30 bits per heavy atom. The van der Waals surface area contributed by atoms with Gasteiger partial charge in [-0.15, -0.1) is 0 Å². The van der Waals surface area contributed by atoms with E-state index < -0.39 is 0 Å². The van der Waals surface area contributed by atoms with E-state index >= 15 is 0 Å². The van der Waals surface area contributed by atoms with Crippen LogP contribution in [0.5, 0.6) is 0 Å². The number of aromatic amines is 1. The number of anilines is 2. The lowest BCUT2D eigenvalue weighted by atomic mass is 10.1.